The topological polar surface area (TPSA) is 47.3 Å². The van der Waals surface area contributed by atoms with Gasteiger partial charge in [-0.25, -0.2) is 0 Å². The van der Waals surface area contributed by atoms with Crippen molar-refractivity contribution in [2.75, 3.05) is 13.3 Å². The van der Waals surface area contributed by atoms with E-state index in [9.17, 15) is 0 Å². The van der Waals surface area contributed by atoms with Crippen LogP contribution in [0.15, 0.2) is 0 Å². The smallest absolute Gasteiger partial charge is 0.0970 e. The normalized spacial score (nSPS) is 26.8. The summed E-state index contributed by atoms with van der Waals surface area (Å²) in [5.74, 6) is 0.287. The fourth-order valence-corrected chi connectivity index (χ4v) is 1.21. The number of rotatable bonds is 3. The van der Waals surface area contributed by atoms with Crippen molar-refractivity contribution in [2.24, 2.45) is 11.7 Å². The van der Waals surface area contributed by atoms with Gasteiger partial charge in [0.15, 0.2) is 0 Å². The molecule has 1 fully saturated rings. The summed E-state index contributed by atoms with van der Waals surface area (Å²) in [6.07, 6.45) is 1.23. The summed E-state index contributed by atoms with van der Waals surface area (Å²) in [6.45, 7) is 3.62. The van der Waals surface area contributed by atoms with Crippen LogP contribution in [0.5, 0.6) is 0 Å². The molecule has 1 aliphatic heterocycles. The van der Waals surface area contributed by atoms with Crippen LogP contribution in [-0.4, -0.2) is 24.4 Å². The second kappa shape index (κ2) is 3.99. The minimum Gasteiger partial charge on any atom is -0.393 e. The number of nitrogens with two attached hydrogens (primary N) is 1. The van der Waals surface area contributed by atoms with Gasteiger partial charge in [0.25, 0.3) is 0 Å². The molecule has 1 rings (SSSR count). The minimum absolute atomic E-state index is 0.287. The summed E-state index contributed by atoms with van der Waals surface area (Å²) in [5.41, 5.74) is 5.47. The van der Waals surface area contributed by atoms with E-state index in [1.54, 1.807) is 0 Å². The molecular formula is C7H14N2OS. The molecule has 0 amide bonds. The van der Waals surface area contributed by atoms with Crippen molar-refractivity contribution in [3.63, 3.8) is 0 Å². The van der Waals surface area contributed by atoms with Crippen molar-refractivity contribution in [1.82, 2.24) is 5.32 Å². The Morgan fingerprint density at radius 2 is 2.64 bits per heavy atom. The first kappa shape index (κ1) is 8.90. The lowest BCUT2D eigenvalue weighted by Gasteiger charge is -2.13. The maximum Gasteiger partial charge on any atom is 0.0970 e. The molecule has 0 aromatic rings. The average molecular weight is 174 g/mol. The molecule has 1 saturated heterocycles. The first-order chi connectivity index (χ1) is 5.20. The van der Waals surface area contributed by atoms with E-state index in [1.807, 2.05) is 6.92 Å². The highest BCUT2D eigenvalue weighted by molar-refractivity contribution is 7.80. The fourth-order valence-electron chi connectivity index (χ4n) is 1.12. The van der Waals surface area contributed by atoms with Gasteiger partial charge >= 0.3 is 0 Å². The quantitative estimate of drug-likeness (QED) is 0.602. The summed E-state index contributed by atoms with van der Waals surface area (Å²) in [6, 6.07) is 0. The van der Waals surface area contributed by atoms with Gasteiger partial charge in [0.05, 0.1) is 17.8 Å². The maximum atomic E-state index is 5.47. The average Bonchev–Trinajstić information content (AvgIpc) is 2.39. The highest BCUT2D eigenvalue weighted by atomic mass is 32.1. The molecule has 0 radical (unpaired) electrons. The van der Waals surface area contributed by atoms with E-state index in [1.165, 1.54) is 0 Å². The highest BCUT2D eigenvalue weighted by Crippen LogP contribution is 2.11. The van der Waals surface area contributed by atoms with Gasteiger partial charge in [-0.15, -0.1) is 0 Å². The molecule has 4 heteroatoms. The number of hydrogen-bond acceptors (Lipinski definition) is 3. The van der Waals surface area contributed by atoms with E-state index in [0.29, 0.717) is 17.8 Å². The zero-order valence-corrected chi connectivity index (χ0v) is 7.49. The molecule has 3 nitrogen and oxygen atoms in total. The Bertz CT molecular complexity index is 145. The number of ether oxygens (including phenoxy) is 1. The third-order valence-corrected chi connectivity index (χ3v) is 2.30. The largest absolute Gasteiger partial charge is 0.393 e. The van der Waals surface area contributed by atoms with E-state index in [-0.39, 0.29) is 5.92 Å². The zero-order chi connectivity index (χ0) is 8.27. The van der Waals surface area contributed by atoms with Gasteiger partial charge in [-0.05, 0) is 6.42 Å². The van der Waals surface area contributed by atoms with Gasteiger partial charge in [0.1, 0.15) is 0 Å². The third-order valence-electron chi connectivity index (χ3n) is 1.90. The summed E-state index contributed by atoms with van der Waals surface area (Å²) in [5, 5.41) is 3.11. The SMILES string of the molecule is CC(CC1CNCO1)C(N)=S. The molecule has 1 aliphatic rings. The van der Waals surface area contributed by atoms with E-state index < -0.39 is 0 Å². The molecule has 2 unspecified atom stereocenters. The summed E-state index contributed by atoms with van der Waals surface area (Å²) in [4.78, 5) is 0.584. The van der Waals surface area contributed by atoms with Crippen molar-refractivity contribution in [3.05, 3.63) is 0 Å². The molecule has 3 N–H and O–H groups in total. The van der Waals surface area contributed by atoms with Crippen LogP contribution in [0.3, 0.4) is 0 Å². The van der Waals surface area contributed by atoms with Crippen molar-refractivity contribution >= 4 is 17.2 Å². The van der Waals surface area contributed by atoms with Crippen molar-refractivity contribution in [1.29, 1.82) is 0 Å². The lowest BCUT2D eigenvalue weighted by molar-refractivity contribution is 0.101. The van der Waals surface area contributed by atoms with Gasteiger partial charge < -0.3 is 10.5 Å². The molecule has 0 spiro atoms. The van der Waals surface area contributed by atoms with Crippen LogP contribution in [-0.2, 0) is 4.74 Å². The molecule has 0 saturated carbocycles. The lowest BCUT2D eigenvalue weighted by atomic mass is 10.0. The predicted molar refractivity (Wildman–Crippen MR) is 48.3 cm³/mol. The first-order valence-corrected chi connectivity index (χ1v) is 4.22. The number of hydrogen-bond donors (Lipinski definition) is 2. The summed E-state index contributed by atoms with van der Waals surface area (Å²) in [7, 11) is 0. The predicted octanol–water partition coefficient (Wildman–Crippen LogP) is 0.245. The first-order valence-electron chi connectivity index (χ1n) is 3.82. The van der Waals surface area contributed by atoms with E-state index in [2.05, 4.69) is 5.32 Å². The Hall–Kier alpha value is -0.190. The Kier molecular flexibility index (Phi) is 3.23. The van der Waals surface area contributed by atoms with Gasteiger partial charge in [-0.1, -0.05) is 19.1 Å². The number of nitrogens with one attached hydrogen (secondary N) is 1. The molecule has 11 heavy (non-hydrogen) atoms. The lowest BCUT2D eigenvalue weighted by Crippen LogP contribution is -2.25. The van der Waals surface area contributed by atoms with Crippen molar-refractivity contribution in [3.8, 4) is 0 Å². The van der Waals surface area contributed by atoms with Crippen LogP contribution in [0.4, 0.5) is 0 Å². The molecule has 1 heterocycles. The van der Waals surface area contributed by atoms with Crippen molar-refractivity contribution < 1.29 is 4.74 Å². The van der Waals surface area contributed by atoms with E-state index >= 15 is 0 Å². The minimum atomic E-state index is 0.287. The standard InChI is InChI=1S/C7H14N2OS/c1-5(7(8)11)2-6-3-9-4-10-6/h5-6,9H,2-4H2,1H3,(H2,8,11). The van der Waals surface area contributed by atoms with Crippen LogP contribution >= 0.6 is 12.2 Å². The Labute approximate surface area is 72.3 Å². The second-order valence-electron chi connectivity index (χ2n) is 2.93. The Balaban J connectivity index is 2.23. The van der Waals surface area contributed by atoms with Crippen molar-refractivity contribution in [2.45, 2.75) is 19.4 Å². The molecule has 0 bridgehead atoms. The molecule has 64 valence electrons. The van der Waals surface area contributed by atoms with Gasteiger partial charge in [0, 0.05) is 12.5 Å². The van der Waals surface area contributed by atoms with Crippen LogP contribution in [0, 0.1) is 5.92 Å². The van der Waals surface area contributed by atoms with E-state index in [0.717, 1.165) is 13.0 Å². The molecule has 2 atom stereocenters. The molecule has 0 aliphatic carbocycles. The van der Waals surface area contributed by atoms with Gasteiger partial charge in [-0.2, -0.15) is 0 Å². The van der Waals surface area contributed by atoms with Gasteiger partial charge in [-0.3, -0.25) is 5.32 Å². The van der Waals surface area contributed by atoms with Crippen LogP contribution in [0.2, 0.25) is 0 Å². The fraction of sp³-hybridized carbons (Fsp3) is 0.857. The highest BCUT2D eigenvalue weighted by Gasteiger charge is 2.18. The van der Waals surface area contributed by atoms with Crippen LogP contribution < -0.4 is 11.1 Å². The Morgan fingerprint density at radius 1 is 1.91 bits per heavy atom. The Morgan fingerprint density at radius 3 is 3.09 bits per heavy atom. The molecule has 0 aromatic heterocycles. The summed E-state index contributed by atoms with van der Waals surface area (Å²) >= 11 is 4.85. The third kappa shape index (κ3) is 2.73. The molecule has 0 aromatic carbocycles. The zero-order valence-electron chi connectivity index (χ0n) is 6.67. The van der Waals surface area contributed by atoms with E-state index in [4.69, 9.17) is 22.7 Å². The second-order valence-corrected chi connectivity index (χ2v) is 3.40. The maximum absolute atomic E-state index is 5.47. The monoisotopic (exact) mass is 174 g/mol. The summed E-state index contributed by atoms with van der Waals surface area (Å²) < 4.78 is 5.35. The number of thiocarbonyl (C=S) groups is 1. The molecular weight excluding hydrogens is 160 g/mol. The van der Waals surface area contributed by atoms with Gasteiger partial charge in [0.2, 0.25) is 0 Å². The van der Waals surface area contributed by atoms with Crippen LogP contribution in [0.1, 0.15) is 13.3 Å². The van der Waals surface area contributed by atoms with Crippen LogP contribution in [0.25, 0.3) is 0 Å².